The van der Waals surface area contributed by atoms with Crippen LogP contribution in [0.4, 0.5) is 0 Å². The smallest absolute Gasteiger partial charge is 0.306 e. The van der Waals surface area contributed by atoms with E-state index in [0.29, 0.717) is 19.3 Å². The van der Waals surface area contributed by atoms with Crippen molar-refractivity contribution in [2.24, 2.45) is 0 Å². The van der Waals surface area contributed by atoms with Crippen molar-refractivity contribution in [1.82, 2.24) is 0 Å². The highest BCUT2D eigenvalue weighted by Gasteiger charge is 2.19. The van der Waals surface area contributed by atoms with E-state index in [2.05, 4.69) is 57.2 Å². The molecule has 64 heavy (non-hydrogen) atoms. The maximum Gasteiger partial charge on any atom is 0.306 e. The van der Waals surface area contributed by atoms with Crippen LogP contribution in [0.15, 0.2) is 158 Å². The van der Waals surface area contributed by atoms with Crippen molar-refractivity contribution < 1.29 is 28.6 Å². The molecule has 0 radical (unpaired) electrons. The number of rotatable bonds is 41. The van der Waals surface area contributed by atoms with Gasteiger partial charge in [-0.25, -0.2) is 0 Å². The SMILES string of the molecule is CC\C=C/C=C\C=C/C=C\C=C\C=C/CCCCCC(=O)OCC(COC(=O)CCCCCCC/C=C\CCCCC)OC(=O)CCCCC\C=C/C=C/C=C\C=C/C=C\C=C/CC. The van der Waals surface area contributed by atoms with Crippen LogP contribution in [0.3, 0.4) is 0 Å². The zero-order chi connectivity index (χ0) is 46.5. The summed E-state index contributed by atoms with van der Waals surface area (Å²) in [5.74, 6) is -1.04. The minimum atomic E-state index is -0.831. The van der Waals surface area contributed by atoms with E-state index in [1.54, 1.807) is 0 Å². The Balaban J connectivity index is 4.64. The van der Waals surface area contributed by atoms with E-state index in [4.69, 9.17) is 14.2 Å². The van der Waals surface area contributed by atoms with Crippen molar-refractivity contribution in [2.75, 3.05) is 13.2 Å². The molecule has 6 heteroatoms. The molecule has 0 aliphatic carbocycles. The fourth-order valence-corrected chi connectivity index (χ4v) is 5.91. The van der Waals surface area contributed by atoms with Crippen LogP contribution in [-0.4, -0.2) is 37.2 Å². The van der Waals surface area contributed by atoms with Crippen LogP contribution < -0.4 is 0 Å². The number of esters is 3. The summed E-state index contributed by atoms with van der Waals surface area (Å²) in [6.45, 7) is 6.20. The normalized spacial score (nSPS) is 13.5. The Morgan fingerprint density at radius 1 is 0.328 bits per heavy atom. The zero-order valence-corrected chi connectivity index (χ0v) is 40.2. The molecule has 1 unspecified atom stereocenters. The second kappa shape index (κ2) is 50.7. The summed E-state index contributed by atoms with van der Waals surface area (Å²) < 4.78 is 16.7. The highest BCUT2D eigenvalue weighted by molar-refractivity contribution is 5.71. The molecule has 0 amide bonds. The molecule has 6 nitrogen and oxygen atoms in total. The topological polar surface area (TPSA) is 78.9 Å². The van der Waals surface area contributed by atoms with Gasteiger partial charge in [-0.15, -0.1) is 0 Å². The van der Waals surface area contributed by atoms with Gasteiger partial charge in [-0.05, 0) is 83.5 Å². The van der Waals surface area contributed by atoms with Gasteiger partial charge >= 0.3 is 17.9 Å². The van der Waals surface area contributed by atoms with Gasteiger partial charge in [-0.1, -0.05) is 224 Å². The summed E-state index contributed by atoms with van der Waals surface area (Å²) in [6, 6.07) is 0. The van der Waals surface area contributed by atoms with E-state index >= 15 is 0 Å². The fourth-order valence-electron chi connectivity index (χ4n) is 5.91. The van der Waals surface area contributed by atoms with E-state index < -0.39 is 6.10 Å². The summed E-state index contributed by atoms with van der Waals surface area (Å²) in [4.78, 5) is 37.9. The number of ether oxygens (including phenoxy) is 3. The predicted octanol–water partition coefficient (Wildman–Crippen LogP) is 16.2. The van der Waals surface area contributed by atoms with Crippen molar-refractivity contribution in [1.29, 1.82) is 0 Å². The Hall–Kier alpha value is -4.97. The van der Waals surface area contributed by atoms with Gasteiger partial charge in [0, 0.05) is 19.3 Å². The first kappa shape index (κ1) is 59.0. The molecule has 0 aliphatic heterocycles. The van der Waals surface area contributed by atoms with Gasteiger partial charge in [0.2, 0.25) is 0 Å². The molecule has 0 aromatic heterocycles. The maximum atomic E-state index is 12.8. The molecule has 0 aliphatic rings. The lowest BCUT2D eigenvalue weighted by Gasteiger charge is -2.18. The van der Waals surface area contributed by atoms with Crippen LogP contribution in [0.5, 0.6) is 0 Å². The molecular weight excluding hydrogens is 793 g/mol. The lowest BCUT2D eigenvalue weighted by atomic mass is 10.1. The van der Waals surface area contributed by atoms with Gasteiger partial charge in [0.15, 0.2) is 6.10 Å². The van der Waals surface area contributed by atoms with Gasteiger partial charge in [0.25, 0.3) is 0 Å². The number of carbonyl (C=O) groups is 3. The van der Waals surface area contributed by atoms with Gasteiger partial charge < -0.3 is 14.2 Å². The van der Waals surface area contributed by atoms with Crippen LogP contribution >= 0.6 is 0 Å². The van der Waals surface area contributed by atoms with Crippen molar-refractivity contribution in [3.8, 4) is 0 Å². The maximum absolute atomic E-state index is 12.8. The lowest BCUT2D eigenvalue weighted by molar-refractivity contribution is -0.167. The molecule has 0 bridgehead atoms. The van der Waals surface area contributed by atoms with E-state index in [0.717, 1.165) is 83.5 Å². The molecule has 0 saturated heterocycles. The lowest BCUT2D eigenvalue weighted by Crippen LogP contribution is -2.30. The summed E-state index contributed by atoms with van der Waals surface area (Å²) >= 11 is 0. The van der Waals surface area contributed by atoms with Crippen LogP contribution in [0.25, 0.3) is 0 Å². The van der Waals surface area contributed by atoms with Crippen molar-refractivity contribution in [3.05, 3.63) is 158 Å². The molecule has 0 spiro atoms. The molecule has 0 rings (SSSR count). The van der Waals surface area contributed by atoms with E-state index in [-0.39, 0.29) is 44.0 Å². The van der Waals surface area contributed by atoms with Crippen molar-refractivity contribution in [3.63, 3.8) is 0 Å². The highest BCUT2D eigenvalue weighted by Crippen LogP contribution is 2.12. The van der Waals surface area contributed by atoms with E-state index in [1.165, 1.54) is 32.1 Å². The van der Waals surface area contributed by atoms with Crippen LogP contribution in [-0.2, 0) is 28.6 Å². The van der Waals surface area contributed by atoms with Gasteiger partial charge in [-0.2, -0.15) is 0 Å². The summed E-state index contributed by atoms with van der Waals surface area (Å²) in [6.07, 6.45) is 73.6. The molecule has 1 atom stereocenters. The second-order valence-corrected chi connectivity index (χ2v) is 15.6. The third-order valence-electron chi connectivity index (χ3n) is 9.57. The molecule has 0 fully saturated rings. The summed E-state index contributed by atoms with van der Waals surface area (Å²) in [7, 11) is 0. The second-order valence-electron chi connectivity index (χ2n) is 15.6. The minimum absolute atomic E-state index is 0.124. The number of hydrogen-bond acceptors (Lipinski definition) is 6. The van der Waals surface area contributed by atoms with Crippen LogP contribution in [0.2, 0.25) is 0 Å². The molecule has 0 N–H and O–H groups in total. The Morgan fingerprint density at radius 3 is 1.02 bits per heavy atom. The molecule has 0 aromatic rings. The van der Waals surface area contributed by atoms with Gasteiger partial charge in [0.1, 0.15) is 13.2 Å². The molecule has 354 valence electrons. The number of unbranched alkanes of at least 4 members (excludes halogenated alkanes) is 14. The first-order chi connectivity index (χ1) is 31.5. The fraction of sp³-hybridized carbons (Fsp3) is 0.500. The van der Waals surface area contributed by atoms with E-state index in [9.17, 15) is 14.4 Å². The number of allylic oxidation sites excluding steroid dienone is 26. The molecular formula is C58H86O6. The average Bonchev–Trinajstić information content (AvgIpc) is 3.29. The third-order valence-corrected chi connectivity index (χ3v) is 9.57. The first-order valence-electron chi connectivity index (χ1n) is 24.7. The summed E-state index contributed by atoms with van der Waals surface area (Å²) in [5.41, 5.74) is 0. The average molecular weight is 879 g/mol. The summed E-state index contributed by atoms with van der Waals surface area (Å²) in [5, 5.41) is 0. The first-order valence-corrected chi connectivity index (χ1v) is 24.7. The van der Waals surface area contributed by atoms with E-state index in [1.807, 2.05) is 122 Å². The highest BCUT2D eigenvalue weighted by atomic mass is 16.6. The minimum Gasteiger partial charge on any atom is -0.462 e. The zero-order valence-electron chi connectivity index (χ0n) is 40.2. The Bertz CT molecular complexity index is 1520. The van der Waals surface area contributed by atoms with Crippen molar-refractivity contribution in [2.45, 2.75) is 175 Å². The number of carbonyl (C=O) groups excluding carboxylic acids is 3. The van der Waals surface area contributed by atoms with Crippen molar-refractivity contribution >= 4 is 17.9 Å². The third kappa shape index (κ3) is 48.1. The molecule has 0 heterocycles. The standard InChI is InChI=1S/C58H86O6/c1-4-7-10-13-16-19-22-25-27-29-31-33-36-39-42-45-48-51-57(60)63-54-55(53-62-56(59)50-47-44-41-38-35-24-21-18-15-12-9-6-3)64-58(61)52-49-46-43-40-37-34-32-30-28-26-23-20-17-14-11-8-5-2/h7-8,10-11,13-14,16-23,25-34,36-37,55H,4-6,9,12,15,24,35,38-54H2,1-3H3/b10-7-,11-8-,16-13-,17-14-,21-18-,22-19-,23-20-,27-25-,28-26-,31-29+,32-30+,36-33-,37-34-. The Morgan fingerprint density at radius 2 is 0.625 bits per heavy atom. The molecule has 0 aromatic carbocycles. The van der Waals surface area contributed by atoms with Gasteiger partial charge in [0.05, 0.1) is 0 Å². The monoisotopic (exact) mass is 879 g/mol. The number of hydrogen-bond donors (Lipinski definition) is 0. The van der Waals surface area contributed by atoms with Crippen LogP contribution in [0, 0.1) is 0 Å². The Labute approximate surface area is 390 Å². The molecule has 0 saturated carbocycles. The van der Waals surface area contributed by atoms with Crippen LogP contribution in [0.1, 0.15) is 168 Å². The largest absolute Gasteiger partial charge is 0.462 e. The quantitative estimate of drug-likeness (QED) is 0.0200. The Kier molecular flexibility index (Phi) is 46.7. The predicted molar refractivity (Wildman–Crippen MR) is 274 cm³/mol. The van der Waals surface area contributed by atoms with Gasteiger partial charge in [-0.3, -0.25) is 14.4 Å².